The summed E-state index contributed by atoms with van der Waals surface area (Å²) in [6, 6.07) is 5.80. The van der Waals surface area contributed by atoms with Gasteiger partial charge in [-0.2, -0.15) is 0 Å². The van der Waals surface area contributed by atoms with E-state index in [9.17, 15) is 4.79 Å². The van der Waals surface area contributed by atoms with Gasteiger partial charge in [-0.3, -0.25) is 4.79 Å². The summed E-state index contributed by atoms with van der Waals surface area (Å²) < 4.78 is 0. The quantitative estimate of drug-likeness (QED) is 0.886. The predicted molar refractivity (Wildman–Crippen MR) is 84.4 cm³/mol. The highest BCUT2D eigenvalue weighted by Crippen LogP contribution is 2.32. The number of hydrogen-bond donors (Lipinski definition) is 2. The molecule has 1 saturated carbocycles. The zero-order chi connectivity index (χ0) is 14.7. The first kappa shape index (κ1) is 15.2. The molecular formula is C16H23ClN2O. The molecule has 0 aromatic heterocycles. The predicted octanol–water partition coefficient (Wildman–Crippen LogP) is 3.94. The molecular weight excluding hydrogens is 272 g/mol. The van der Waals surface area contributed by atoms with E-state index in [4.69, 9.17) is 11.6 Å². The van der Waals surface area contributed by atoms with Crippen LogP contribution in [0.15, 0.2) is 18.2 Å². The van der Waals surface area contributed by atoms with Crippen molar-refractivity contribution < 1.29 is 4.79 Å². The van der Waals surface area contributed by atoms with Gasteiger partial charge < -0.3 is 10.6 Å². The van der Waals surface area contributed by atoms with Crippen LogP contribution in [0.1, 0.15) is 43.5 Å². The van der Waals surface area contributed by atoms with Crippen LogP contribution in [-0.2, 0) is 0 Å². The van der Waals surface area contributed by atoms with Gasteiger partial charge in [-0.05, 0) is 49.3 Å². The summed E-state index contributed by atoms with van der Waals surface area (Å²) in [5.41, 5.74) is 1.50. The molecule has 0 saturated heterocycles. The fraction of sp³-hybridized carbons (Fsp3) is 0.562. The van der Waals surface area contributed by atoms with Crippen molar-refractivity contribution >= 4 is 23.2 Å². The number of carbonyl (C=O) groups excluding carboxylic acids is 1. The maximum atomic E-state index is 11.7. The summed E-state index contributed by atoms with van der Waals surface area (Å²) in [4.78, 5) is 11.7. The van der Waals surface area contributed by atoms with E-state index >= 15 is 0 Å². The number of carbonyl (C=O) groups is 1. The molecule has 3 nitrogen and oxygen atoms in total. The van der Waals surface area contributed by atoms with Crippen molar-refractivity contribution in [2.45, 2.75) is 39.2 Å². The van der Waals surface area contributed by atoms with Crippen LogP contribution in [0, 0.1) is 11.8 Å². The third-order valence-electron chi connectivity index (χ3n) is 4.23. The first-order valence-electron chi connectivity index (χ1n) is 7.29. The van der Waals surface area contributed by atoms with Gasteiger partial charge in [0.25, 0.3) is 5.91 Å². The normalized spacial score (nSPS) is 26.1. The van der Waals surface area contributed by atoms with Gasteiger partial charge in [-0.1, -0.05) is 25.4 Å². The number of rotatable bonds is 3. The molecule has 0 radical (unpaired) electrons. The van der Waals surface area contributed by atoms with Crippen LogP contribution in [0.2, 0.25) is 5.02 Å². The first-order valence-corrected chi connectivity index (χ1v) is 7.67. The van der Waals surface area contributed by atoms with Gasteiger partial charge in [-0.25, -0.2) is 0 Å². The molecule has 0 aliphatic heterocycles. The molecule has 4 heteroatoms. The van der Waals surface area contributed by atoms with Crippen molar-refractivity contribution in [3.8, 4) is 0 Å². The topological polar surface area (TPSA) is 41.1 Å². The molecule has 110 valence electrons. The number of hydrogen-bond acceptors (Lipinski definition) is 2. The molecule has 1 aliphatic carbocycles. The monoisotopic (exact) mass is 294 g/mol. The van der Waals surface area contributed by atoms with Crippen LogP contribution in [0.25, 0.3) is 0 Å². The molecule has 2 rings (SSSR count). The van der Waals surface area contributed by atoms with E-state index in [0.29, 0.717) is 22.5 Å². The van der Waals surface area contributed by atoms with E-state index in [0.717, 1.165) is 18.0 Å². The van der Waals surface area contributed by atoms with Gasteiger partial charge in [0.15, 0.2) is 0 Å². The minimum Gasteiger partial charge on any atom is -0.381 e. The lowest BCUT2D eigenvalue weighted by molar-refractivity contribution is 0.0963. The minimum atomic E-state index is -0.0879. The third kappa shape index (κ3) is 3.45. The summed E-state index contributed by atoms with van der Waals surface area (Å²) in [6.45, 7) is 4.59. The second kappa shape index (κ2) is 6.49. The zero-order valence-corrected chi connectivity index (χ0v) is 13.1. The van der Waals surface area contributed by atoms with Crippen molar-refractivity contribution in [1.82, 2.24) is 5.32 Å². The van der Waals surface area contributed by atoms with Gasteiger partial charge in [0.1, 0.15) is 0 Å². The van der Waals surface area contributed by atoms with Crippen LogP contribution in [0.3, 0.4) is 0 Å². The van der Waals surface area contributed by atoms with E-state index in [1.807, 2.05) is 6.07 Å². The second-order valence-corrected chi connectivity index (χ2v) is 6.33. The molecule has 0 spiro atoms. The molecule has 1 aromatic carbocycles. The van der Waals surface area contributed by atoms with Gasteiger partial charge in [-0.15, -0.1) is 0 Å². The molecule has 3 atom stereocenters. The van der Waals surface area contributed by atoms with Gasteiger partial charge in [0.05, 0.1) is 10.7 Å². The SMILES string of the molecule is CNC(=O)c1ccc(Cl)c(NC2CCC(C)CC2C)c1. The fourth-order valence-corrected chi connectivity index (χ4v) is 3.17. The Balaban J connectivity index is 2.14. The molecule has 0 bridgehead atoms. The molecule has 3 unspecified atom stereocenters. The maximum Gasteiger partial charge on any atom is 0.251 e. The fourth-order valence-electron chi connectivity index (χ4n) is 3.00. The largest absolute Gasteiger partial charge is 0.381 e. The Hall–Kier alpha value is -1.22. The number of anilines is 1. The van der Waals surface area contributed by atoms with Crippen molar-refractivity contribution in [3.05, 3.63) is 28.8 Å². The van der Waals surface area contributed by atoms with E-state index in [-0.39, 0.29) is 5.91 Å². The second-order valence-electron chi connectivity index (χ2n) is 5.92. The summed E-state index contributed by atoms with van der Waals surface area (Å²) in [5, 5.41) is 6.83. The lowest BCUT2D eigenvalue weighted by Gasteiger charge is -2.34. The van der Waals surface area contributed by atoms with Crippen molar-refractivity contribution in [2.75, 3.05) is 12.4 Å². The number of amides is 1. The Bertz CT molecular complexity index is 489. The van der Waals surface area contributed by atoms with Crippen LogP contribution in [0.5, 0.6) is 0 Å². The first-order chi connectivity index (χ1) is 9.51. The lowest BCUT2D eigenvalue weighted by Crippen LogP contribution is -2.33. The number of halogens is 1. The van der Waals surface area contributed by atoms with Crippen molar-refractivity contribution in [3.63, 3.8) is 0 Å². The van der Waals surface area contributed by atoms with Gasteiger partial charge in [0, 0.05) is 18.7 Å². The number of benzene rings is 1. The van der Waals surface area contributed by atoms with Crippen molar-refractivity contribution in [2.24, 2.45) is 11.8 Å². The average molecular weight is 295 g/mol. The smallest absolute Gasteiger partial charge is 0.251 e. The Morgan fingerprint density at radius 2 is 2.05 bits per heavy atom. The third-order valence-corrected chi connectivity index (χ3v) is 4.56. The molecule has 20 heavy (non-hydrogen) atoms. The molecule has 1 aromatic rings. The molecule has 1 fully saturated rings. The Morgan fingerprint density at radius 3 is 2.70 bits per heavy atom. The summed E-state index contributed by atoms with van der Waals surface area (Å²) in [5.74, 6) is 1.34. The molecule has 1 amide bonds. The van der Waals surface area contributed by atoms with Crippen molar-refractivity contribution in [1.29, 1.82) is 0 Å². The Morgan fingerprint density at radius 1 is 1.30 bits per heavy atom. The summed E-state index contributed by atoms with van der Waals surface area (Å²) >= 11 is 6.25. The summed E-state index contributed by atoms with van der Waals surface area (Å²) in [6.07, 6.45) is 3.64. The van der Waals surface area contributed by atoms with Crippen LogP contribution in [-0.4, -0.2) is 19.0 Å². The van der Waals surface area contributed by atoms with Crippen LogP contribution >= 0.6 is 11.6 Å². The van der Waals surface area contributed by atoms with Gasteiger partial charge in [0.2, 0.25) is 0 Å². The zero-order valence-electron chi connectivity index (χ0n) is 12.4. The standard InChI is InChI=1S/C16H23ClN2O/c1-10-4-7-14(11(2)8-10)19-15-9-12(16(20)18-3)5-6-13(15)17/h5-6,9-11,14,19H,4,7-8H2,1-3H3,(H,18,20). The van der Waals surface area contributed by atoms with E-state index in [2.05, 4.69) is 24.5 Å². The Labute approximate surface area is 126 Å². The summed E-state index contributed by atoms with van der Waals surface area (Å²) in [7, 11) is 1.63. The lowest BCUT2D eigenvalue weighted by atomic mass is 9.80. The maximum absolute atomic E-state index is 11.7. The minimum absolute atomic E-state index is 0.0879. The van der Waals surface area contributed by atoms with Crippen LogP contribution in [0.4, 0.5) is 5.69 Å². The molecule has 0 heterocycles. The van der Waals surface area contributed by atoms with E-state index in [1.165, 1.54) is 12.8 Å². The van der Waals surface area contributed by atoms with Gasteiger partial charge >= 0.3 is 0 Å². The molecule has 2 N–H and O–H groups in total. The van der Waals surface area contributed by atoms with E-state index < -0.39 is 0 Å². The number of nitrogens with one attached hydrogen (secondary N) is 2. The molecule has 1 aliphatic rings. The highest BCUT2D eigenvalue weighted by Gasteiger charge is 2.25. The van der Waals surface area contributed by atoms with E-state index in [1.54, 1.807) is 19.2 Å². The Kier molecular flexibility index (Phi) is 4.92. The highest BCUT2D eigenvalue weighted by molar-refractivity contribution is 6.33. The highest BCUT2D eigenvalue weighted by atomic mass is 35.5. The van der Waals surface area contributed by atoms with Crippen LogP contribution < -0.4 is 10.6 Å². The average Bonchev–Trinajstić information content (AvgIpc) is 2.43.